The number of carboxylic acid groups (broad SMARTS) is 1. The van der Waals surface area contributed by atoms with E-state index in [0.717, 1.165) is 74.0 Å². The zero-order valence-corrected chi connectivity index (χ0v) is 23.0. The lowest BCUT2D eigenvalue weighted by atomic mass is 9.90. The number of carbonyl (C=O) groups is 1. The standard InChI is InChI=1S/C29H36N6O6/c36-13-1-12-34(28(37)38)20-4-2-19(3-5-20)25-31-26(33-17-22-6-7-23(18-33)41-22)24-16-30-35(27(24)32-25)21-8-10-29(11-9-21)39-14-15-40-29/h2-5,16,21-23,36H,1,6-15,17-18H2,(H,37,38). The summed E-state index contributed by atoms with van der Waals surface area (Å²) in [6.07, 6.45) is 7.18. The van der Waals surface area contributed by atoms with E-state index in [0.29, 0.717) is 31.1 Å². The zero-order valence-electron chi connectivity index (χ0n) is 23.0. The SMILES string of the molecule is O=C(O)N(CCCO)c1ccc(-c2nc(N3CC4CCC(C3)O4)c3cnn(C4CCC5(CC4)OCCO5)c3n2)cc1. The number of hydrogen-bond acceptors (Lipinski definition) is 9. The summed E-state index contributed by atoms with van der Waals surface area (Å²) >= 11 is 0. The van der Waals surface area contributed by atoms with E-state index < -0.39 is 11.9 Å². The Kier molecular flexibility index (Phi) is 7.02. The Morgan fingerprint density at radius 1 is 1.02 bits per heavy atom. The van der Waals surface area contributed by atoms with E-state index in [1.54, 1.807) is 12.1 Å². The minimum Gasteiger partial charge on any atom is -0.465 e. The molecule has 7 rings (SSSR count). The van der Waals surface area contributed by atoms with Crippen LogP contribution < -0.4 is 9.80 Å². The predicted molar refractivity (Wildman–Crippen MR) is 150 cm³/mol. The van der Waals surface area contributed by atoms with Gasteiger partial charge in [0.05, 0.1) is 43.0 Å². The second-order valence-electron chi connectivity index (χ2n) is 11.5. The van der Waals surface area contributed by atoms with Crippen molar-refractivity contribution in [2.45, 2.75) is 69.0 Å². The molecule has 1 amide bonds. The van der Waals surface area contributed by atoms with Gasteiger partial charge in [-0.1, -0.05) is 0 Å². The number of rotatable bonds is 7. The third kappa shape index (κ3) is 5.03. The molecule has 12 heteroatoms. The molecular weight excluding hydrogens is 528 g/mol. The second-order valence-corrected chi connectivity index (χ2v) is 11.5. The lowest BCUT2D eigenvalue weighted by Crippen LogP contribution is -2.43. The van der Waals surface area contributed by atoms with Crippen LogP contribution in [0.15, 0.2) is 30.5 Å². The van der Waals surface area contributed by atoms with Gasteiger partial charge in [-0.05, 0) is 56.4 Å². The van der Waals surface area contributed by atoms with Crippen molar-refractivity contribution in [3.63, 3.8) is 0 Å². The second kappa shape index (κ2) is 10.8. The minimum absolute atomic E-state index is 0.0720. The van der Waals surface area contributed by atoms with E-state index >= 15 is 0 Å². The van der Waals surface area contributed by atoms with Gasteiger partial charge in [0, 0.05) is 50.3 Å². The largest absolute Gasteiger partial charge is 0.465 e. The molecule has 3 aliphatic heterocycles. The molecule has 4 fully saturated rings. The first-order valence-electron chi connectivity index (χ1n) is 14.7. The topological polar surface area (TPSA) is 135 Å². The summed E-state index contributed by atoms with van der Waals surface area (Å²) < 4.78 is 20.1. The van der Waals surface area contributed by atoms with Crippen molar-refractivity contribution in [3.8, 4) is 11.4 Å². The van der Waals surface area contributed by atoms with Crippen LogP contribution in [0.5, 0.6) is 0 Å². The van der Waals surface area contributed by atoms with Crippen LogP contribution in [0.1, 0.15) is 51.0 Å². The quantitative estimate of drug-likeness (QED) is 0.438. The third-order valence-corrected chi connectivity index (χ3v) is 8.86. The highest BCUT2D eigenvalue weighted by Gasteiger charge is 2.41. The molecule has 2 N–H and O–H groups in total. The number of amides is 1. The maximum atomic E-state index is 11.8. The normalized spacial score (nSPS) is 24.0. The summed E-state index contributed by atoms with van der Waals surface area (Å²) in [6, 6.07) is 7.43. The number of aliphatic hydroxyl groups excluding tert-OH is 1. The van der Waals surface area contributed by atoms with E-state index in [1.165, 1.54) is 4.90 Å². The van der Waals surface area contributed by atoms with Crippen LogP contribution in [-0.2, 0) is 14.2 Å². The fourth-order valence-electron chi connectivity index (χ4n) is 6.76. The summed E-state index contributed by atoms with van der Waals surface area (Å²) in [4.78, 5) is 25.5. The fraction of sp³-hybridized carbons (Fsp3) is 0.586. The van der Waals surface area contributed by atoms with Crippen molar-refractivity contribution < 1.29 is 29.2 Å². The van der Waals surface area contributed by atoms with E-state index in [1.807, 2.05) is 18.3 Å². The highest BCUT2D eigenvalue weighted by Crippen LogP contribution is 2.42. The number of aliphatic hydroxyl groups is 1. The van der Waals surface area contributed by atoms with E-state index in [-0.39, 0.29) is 31.4 Å². The van der Waals surface area contributed by atoms with Gasteiger partial charge in [-0.3, -0.25) is 4.90 Å². The zero-order chi connectivity index (χ0) is 28.0. The number of hydrogen-bond donors (Lipinski definition) is 2. The molecule has 218 valence electrons. The summed E-state index contributed by atoms with van der Waals surface area (Å²) in [7, 11) is 0. The summed E-state index contributed by atoms with van der Waals surface area (Å²) in [6.45, 7) is 3.02. The Morgan fingerprint density at radius 2 is 1.73 bits per heavy atom. The molecule has 41 heavy (non-hydrogen) atoms. The molecule has 2 unspecified atom stereocenters. The van der Waals surface area contributed by atoms with Crippen LogP contribution >= 0.6 is 0 Å². The van der Waals surface area contributed by atoms with Gasteiger partial charge < -0.3 is 29.3 Å². The Labute approximate surface area is 237 Å². The van der Waals surface area contributed by atoms with Gasteiger partial charge >= 0.3 is 6.09 Å². The van der Waals surface area contributed by atoms with Gasteiger partial charge in [0.2, 0.25) is 0 Å². The van der Waals surface area contributed by atoms with Crippen molar-refractivity contribution in [1.29, 1.82) is 0 Å². The maximum Gasteiger partial charge on any atom is 0.411 e. The van der Waals surface area contributed by atoms with Gasteiger partial charge in [-0.25, -0.2) is 19.4 Å². The van der Waals surface area contributed by atoms with Gasteiger partial charge in [-0.15, -0.1) is 0 Å². The highest BCUT2D eigenvalue weighted by atomic mass is 16.7. The Balaban J connectivity index is 1.24. The fourth-order valence-corrected chi connectivity index (χ4v) is 6.76. The number of ether oxygens (including phenoxy) is 3. The van der Waals surface area contributed by atoms with Crippen LogP contribution in [-0.4, -0.2) is 93.5 Å². The average molecular weight is 565 g/mol. The molecular formula is C29H36N6O6. The van der Waals surface area contributed by atoms with E-state index in [9.17, 15) is 15.0 Å². The van der Waals surface area contributed by atoms with Crippen LogP contribution in [0, 0.1) is 0 Å². The van der Waals surface area contributed by atoms with Gasteiger partial charge in [0.1, 0.15) is 5.82 Å². The third-order valence-electron chi connectivity index (χ3n) is 8.86. The molecule has 3 saturated heterocycles. The molecule has 1 saturated carbocycles. The molecule has 0 radical (unpaired) electrons. The molecule has 5 heterocycles. The Morgan fingerprint density at radius 3 is 2.39 bits per heavy atom. The van der Waals surface area contributed by atoms with E-state index in [2.05, 4.69) is 9.58 Å². The molecule has 2 atom stereocenters. The number of anilines is 2. The summed E-state index contributed by atoms with van der Waals surface area (Å²) in [5.74, 6) is 0.998. The monoisotopic (exact) mass is 564 g/mol. The van der Waals surface area contributed by atoms with Gasteiger partial charge in [0.15, 0.2) is 17.3 Å². The van der Waals surface area contributed by atoms with Gasteiger partial charge in [-0.2, -0.15) is 5.10 Å². The summed E-state index contributed by atoms with van der Waals surface area (Å²) in [5, 5.41) is 24.6. The highest BCUT2D eigenvalue weighted by molar-refractivity contribution is 5.89. The first-order chi connectivity index (χ1) is 20.0. The van der Waals surface area contributed by atoms with Crippen molar-refractivity contribution in [2.24, 2.45) is 0 Å². The lowest BCUT2D eigenvalue weighted by Gasteiger charge is -2.35. The molecule has 1 aliphatic carbocycles. The Hall–Kier alpha value is -3.32. The molecule has 1 aromatic carbocycles. The van der Waals surface area contributed by atoms with Crippen molar-refractivity contribution >= 4 is 28.6 Å². The number of morpholine rings is 1. The molecule has 1 spiro atoms. The van der Waals surface area contributed by atoms with Crippen molar-refractivity contribution in [3.05, 3.63) is 30.5 Å². The first kappa shape index (κ1) is 26.6. The molecule has 2 aromatic heterocycles. The number of nitrogens with zero attached hydrogens (tertiary/aromatic N) is 6. The number of fused-ring (bicyclic) bond motifs is 3. The number of benzene rings is 1. The molecule has 2 bridgehead atoms. The van der Waals surface area contributed by atoms with Crippen LogP contribution in [0.2, 0.25) is 0 Å². The summed E-state index contributed by atoms with van der Waals surface area (Å²) in [5.41, 5.74) is 2.14. The van der Waals surface area contributed by atoms with Crippen LogP contribution in [0.25, 0.3) is 22.4 Å². The van der Waals surface area contributed by atoms with Crippen molar-refractivity contribution in [1.82, 2.24) is 19.7 Å². The first-order valence-corrected chi connectivity index (χ1v) is 14.7. The maximum absolute atomic E-state index is 11.8. The van der Waals surface area contributed by atoms with E-state index in [4.69, 9.17) is 29.3 Å². The molecule has 4 aliphatic rings. The molecule has 3 aromatic rings. The minimum atomic E-state index is -1.06. The van der Waals surface area contributed by atoms with Crippen LogP contribution in [0.4, 0.5) is 16.3 Å². The lowest BCUT2D eigenvalue weighted by molar-refractivity contribution is -0.181. The number of aromatic nitrogens is 4. The van der Waals surface area contributed by atoms with Gasteiger partial charge in [0.25, 0.3) is 0 Å². The predicted octanol–water partition coefficient (Wildman–Crippen LogP) is 3.59. The Bertz CT molecular complexity index is 1380. The smallest absolute Gasteiger partial charge is 0.411 e. The van der Waals surface area contributed by atoms with Crippen molar-refractivity contribution in [2.75, 3.05) is 49.3 Å². The van der Waals surface area contributed by atoms with Crippen LogP contribution in [0.3, 0.4) is 0 Å². The molecule has 12 nitrogen and oxygen atoms in total. The average Bonchev–Trinajstić information content (AvgIpc) is 3.72.